The van der Waals surface area contributed by atoms with Crippen LogP contribution in [0.1, 0.15) is 30.6 Å². The van der Waals surface area contributed by atoms with Gasteiger partial charge in [-0.15, -0.1) is 0 Å². The number of hydrogen-bond donors (Lipinski definition) is 3. The molecule has 1 rings (SSSR count). The molecule has 0 bridgehead atoms. The van der Waals surface area contributed by atoms with E-state index in [1.54, 1.807) is 32.3 Å². The molecule has 0 heterocycles. The maximum atomic E-state index is 11.8. The first-order valence-corrected chi connectivity index (χ1v) is 6.95. The molecular weight excluding hydrogens is 268 g/mol. The van der Waals surface area contributed by atoms with Gasteiger partial charge >= 0.3 is 0 Å². The third-order valence-electron chi connectivity index (χ3n) is 2.82. The summed E-state index contributed by atoms with van der Waals surface area (Å²) in [4.78, 5) is 24.8. The minimum atomic E-state index is -0.0930. The van der Waals surface area contributed by atoms with Gasteiger partial charge in [-0.25, -0.2) is 0 Å². The molecule has 0 unspecified atom stereocenters. The number of nitrogens with one attached hydrogen (secondary N) is 2. The van der Waals surface area contributed by atoms with Crippen molar-refractivity contribution in [3.8, 4) is 0 Å². The van der Waals surface area contributed by atoms with Crippen molar-refractivity contribution in [3.63, 3.8) is 0 Å². The van der Waals surface area contributed by atoms with Gasteiger partial charge in [0, 0.05) is 38.7 Å². The molecular formula is C15H24N4O2. The summed E-state index contributed by atoms with van der Waals surface area (Å²) in [6.07, 6.45) is 0.371. The van der Waals surface area contributed by atoms with E-state index < -0.39 is 0 Å². The highest BCUT2D eigenvalue weighted by molar-refractivity contribution is 5.95. The lowest BCUT2D eigenvalue weighted by molar-refractivity contribution is -0.121. The summed E-state index contributed by atoms with van der Waals surface area (Å²) in [5.74, 6) is -0.0972. The number of rotatable bonds is 6. The van der Waals surface area contributed by atoms with Crippen molar-refractivity contribution in [1.82, 2.24) is 10.2 Å². The van der Waals surface area contributed by atoms with Crippen LogP contribution in [0.4, 0.5) is 11.4 Å². The van der Waals surface area contributed by atoms with Gasteiger partial charge in [-0.05, 0) is 32.0 Å². The predicted octanol–water partition coefficient (Wildman–Crippen LogP) is 1.30. The number of nitrogens with zero attached hydrogens (tertiary/aromatic N) is 1. The second kappa shape index (κ2) is 7.52. The van der Waals surface area contributed by atoms with E-state index in [2.05, 4.69) is 10.6 Å². The average Bonchev–Trinajstić information content (AvgIpc) is 2.38. The first kappa shape index (κ1) is 16.8. The summed E-state index contributed by atoms with van der Waals surface area (Å²) >= 11 is 0. The molecule has 0 aliphatic carbocycles. The topological polar surface area (TPSA) is 87.5 Å². The molecule has 0 aliphatic rings. The predicted molar refractivity (Wildman–Crippen MR) is 85.3 cm³/mol. The zero-order chi connectivity index (χ0) is 16.0. The number of carbonyl (C=O) groups is 2. The summed E-state index contributed by atoms with van der Waals surface area (Å²) in [7, 11) is 3.38. The second-order valence-corrected chi connectivity index (χ2v) is 5.40. The standard InChI is InChI=1S/C15H24N4O2/c1-10(2)18-14(20)7-8-17-13-6-5-11(9-12(13)16)15(21)19(3)4/h5-6,9-10,17H,7-8,16H2,1-4H3,(H,18,20). The van der Waals surface area contributed by atoms with E-state index in [0.29, 0.717) is 24.2 Å². The molecule has 6 heteroatoms. The Labute approximate surface area is 125 Å². The monoisotopic (exact) mass is 292 g/mol. The molecule has 0 atom stereocenters. The van der Waals surface area contributed by atoms with Crippen molar-refractivity contribution >= 4 is 23.2 Å². The van der Waals surface area contributed by atoms with E-state index in [4.69, 9.17) is 5.73 Å². The molecule has 4 N–H and O–H groups in total. The number of nitrogen functional groups attached to an aromatic ring is 1. The van der Waals surface area contributed by atoms with E-state index in [1.807, 2.05) is 13.8 Å². The highest BCUT2D eigenvalue weighted by atomic mass is 16.2. The number of amides is 2. The summed E-state index contributed by atoms with van der Waals surface area (Å²) in [5, 5.41) is 5.92. The van der Waals surface area contributed by atoms with Crippen LogP contribution >= 0.6 is 0 Å². The van der Waals surface area contributed by atoms with Crippen LogP contribution < -0.4 is 16.4 Å². The van der Waals surface area contributed by atoms with Gasteiger partial charge in [0.1, 0.15) is 0 Å². The van der Waals surface area contributed by atoms with Crippen LogP contribution in [0.5, 0.6) is 0 Å². The lowest BCUT2D eigenvalue weighted by Gasteiger charge is -2.14. The Morgan fingerprint density at radius 2 is 1.95 bits per heavy atom. The van der Waals surface area contributed by atoms with E-state index >= 15 is 0 Å². The van der Waals surface area contributed by atoms with E-state index in [1.165, 1.54) is 4.90 Å². The Hall–Kier alpha value is -2.24. The summed E-state index contributed by atoms with van der Waals surface area (Å²) in [6.45, 7) is 4.33. The number of nitrogens with two attached hydrogens (primary N) is 1. The van der Waals surface area contributed by atoms with Crippen LogP contribution in [-0.2, 0) is 4.79 Å². The van der Waals surface area contributed by atoms with Crippen LogP contribution in [0.25, 0.3) is 0 Å². The van der Waals surface area contributed by atoms with Gasteiger partial charge in [0.05, 0.1) is 11.4 Å². The van der Waals surface area contributed by atoms with E-state index in [-0.39, 0.29) is 17.9 Å². The van der Waals surface area contributed by atoms with Gasteiger partial charge < -0.3 is 21.3 Å². The minimum absolute atomic E-state index is 0.00419. The third-order valence-corrected chi connectivity index (χ3v) is 2.82. The van der Waals surface area contributed by atoms with Gasteiger partial charge in [-0.3, -0.25) is 9.59 Å². The Balaban J connectivity index is 2.57. The Morgan fingerprint density at radius 3 is 2.48 bits per heavy atom. The normalized spacial score (nSPS) is 10.3. The maximum Gasteiger partial charge on any atom is 0.253 e. The van der Waals surface area contributed by atoms with Gasteiger partial charge in [-0.1, -0.05) is 0 Å². The summed E-state index contributed by atoms with van der Waals surface area (Å²) < 4.78 is 0. The lowest BCUT2D eigenvalue weighted by Crippen LogP contribution is -2.31. The molecule has 0 radical (unpaired) electrons. The van der Waals surface area contributed by atoms with Crippen LogP contribution in [0.15, 0.2) is 18.2 Å². The Bertz CT molecular complexity index is 512. The van der Waals surface area contributed by atoms with Crippen LogP contribution in [0, 0.1) is 0 Å². The quantitative estimate of drug-likeness (QED) is 0.690. The SMILES string of the molecule is CC(C)NC(=O)CCNc1ccc(C(=O)N(C)C)cc1N. The van der Waals surface area contributed by atoms with Crippen LogP contribution in [0.3, 0.4) is 0 Å². The minimum Gasteiger partial charge on any atom is -0.397 e. The third kappa shape index (κ3) is 5.33. The molecule has 0 saturated heterocycles. The van der Waals surface area contributed by atoms with E-state index in [9.17, 15) is 9.59 Å². The average molecular weight is 292 g/mol. The fourth-order valence-corrected chi connectivity index (χ4v) is 1.82. The van der Waals surface area contributed by atoms with Crippen molar-refractivity contribution in [2.45, 2.75) is 26.3 Å². The molecule has 116 valence electrons. The molecule has 0 spiro atoms. The van der Waals surface area contributed by atoms with Gasteiger partial charge in [0.15, 0.2) is 0 Å². The van der Waals surface area contributed by atoms with Gasteiger partial charge in [0.2, 0.25) is 5.91 Å². The largest absolute Gasteiger partial charge is 0.397 e. The zero-order valence-electron chi connectivity index (χ0n) is 13.1. The highest BCUT2D eigenvalue weighted by Crippen LogP contribution is 2.20. The highest BCUT2D eigenvalue weighted by Gasteiger charge is 2.10. The van der Waals surface area contributed by atoms with Crippen molar-refractivity contribution < 1.29 is 9.59 Å². The molecule has 0 fully saturated rings. The molecule has 21 heavy (non-hydrogen) atoms. The Kier molecular flexibility index (Phi) is 6.02. The van der Waals surface area contributed by atoms with Gasteiger partial charge in [0.25, 0.3) is 5.91 Å². The van der Waals surface area contributed by atoms with Crippen molar-refractivity contribution in [1.29, 1.82) is 0 Å². The van der Waals surface area contributed by atoms with Crippen molar-refractivity contribution in [3.05, 3.63) is 23.8 Å². The number of hydrogen-bond acceptors (Lipinski definition) is 4. The molecule has 6 nitrogen and oxygen atoms in total. The van der Waals surface area contributed by atoms with Crippen molar-refractivity contribution in [2.24, 2.45) is 0 Å². The summed E-state index contributed by atoms with van der Waals surface area (Å²) in [5.41, 5.74) is 7.68. The van der Waals surface area contributed by atoms with Crippen LogP contribution in [0.2, 0.25) is 0 Å². The van der Waals surface area contributed by atoms with E-state index in [0.717, 1.165) is 5.69 Å². The molecule has 0 saturated carbocycles. The van der Waals surface area contributed by atoms with Crippen molar-refractivity contribution in [2.75, 3.05) is 31.7 Å². The smallest absolute Gasteiger partial charge is 0.253 e. The number of carbonyl (C=O) groups excluding carboxylic acids is 2. The first-order chi connectivity index (χ1) is 9.81. The first-order valence-electron chi connectivity index (χ1n) is 6.95. The van der Waals surface area contributed by atoms with Crippen LogP contribution in [-0.4, -0.2) is 43.4 Å². The fraction of sp³-hybridized carbons (Fsp3) is 0.467. The summed E-state index contributed by atoms with van der Waals surface area (Å²) in [6, 6.07) is 5.25. The number of benzene rings is 1. The number of anilines is 2. The molecule has 0 aliphatic heterocycles. The van der Waals surface area contributed by atoms with Gasteiger partial charge in [-0.2, -0.15) is 0 Å². The molecule has 1 aromatic carbocycles. The molecule has 0 aromatic heterocycles. The second-order valence-electron chi connectivity index (χ2n) is 5.40. The lowest BCUT2D eigenvalue weighted by atomic mass is 10.1. The fourth-order valence-electron chi connectivity index (χ4n) is 1.82. The zero-order valence-corrected chi connectivity index (χ0v) is 13.1. The molecule has 1 aromatic rings. The maximum absolute atomic E-state index is 11.8. The Morgan fingerprint density at radius 1 is 1.29 bits per heavy atom. The molecule has 2 amide bonds.